The fraction of sp³-hybridized carbons (Fsp3) is 0.263. The molecule has 25 heavy (non-hydrogen) atoms. The molecular weight excluding hydrogens is 334 g/mol. The average molecular weight is 355 g/mol. The maximum atomic E-state index is 10.4. The molecule has 1 N–H and O–H groups in total. The number of ether oxygens (including phenoxy) is 1. The molecule has 0 bridgehead atoms. The highest BCUT2D eigenvalue weighted by Gasteiger charge is 2.17. The highest BCUT2D eigenvalue weighted by atomic mass is 32.2. The third kappa shape index (κ3) is 3.86. The first kappa shape index (κ1) is 17.5. The van der Waals surface area contributed by atoms with Crippen LogP contribution in [0.5, 0.6) is 5.75 Å². The van der Waals surface area contributed by atoms with Gasteiger partial charge in [-0.25, -0.2) is 0 Å². The van der Waals surface area contributed by atoms with E-state index in [1.165, 1.54) is 11.8 Å². The van der Waals surface area contributed by atoms with Gasteiger partial charge in [-0.1, -0.05) is 54.2 Å². The van der Waals surface area contributed by atoms with E-state index >= 15 is 0 Å². The van der Waals surface area contributed by atoms with Crippen molar-refractivity contribution in [3.05, 3.63) is 60.2 Å². The lowest BCUT2D eigenvalue weighted by Gasteiger charge is -2.12. The minimum absolute atomic E-state index is 0.522. The first-order valence-corrected chi connectivity index (χ1v) is 9.15. The molecule has 0 radical (unpaired) electrons. The summed E-state index contributed by atoms with van der Waals surface area (Å²) in [5.41, 5.74) is 1.82. The molecule has 0 spiro atoms. The first-order valence-electron chi connectivity index (χ1n) is 8.17. The number of rotatable bonds is 7. The minimum atomic E-state index is -0.539. The molecule has 1 aromatic heterocycles. The van der Waals surface area contributed by atoms with E-state index in [1.54, 1.807) is 7.11 Å². The van der Waals surface area contributed by atoms with Crippen LogP contribution in [-0.2, 0) is 6.54 Å². The van der Waals surface area contributed by atoms with Crippen molar-refractivity contribution in [3.63, 3.8) is 0 Å². The largest absolute Gasteiger partial charge is 0.496 e. The molecule has 0 unspecified atom stereocenters. The number of hydrogen-bond acceptors (Lipinski definition) is 5. The summed E-state index contributed by atoms with van der Waals surface area (Å²) in [6, 6.07) is 17.4. The third-order valence-corrected chi connectivity index (χ3v) is 4.98. The number of thioether (sulfide) groups is 1. The minimum Gasteiger partial charge on any atom is -0.496 e. The van der Waals surface area contributed by atoms with E-state index in [0.29, 0.717) is 5.75 Å². The van der Waals surface area contributed by atoms with Crippen LogP contribution in [0.4, 0.5) is 0 Å². The van der Waals surface area contributed by atoms with Gasteiger partial charge in [0.05, 0.1) is 18.8 Å². The summed E-state index contributed by atoms with van der Waals surface area (Å²) >= 11 is 1.50. The SMILES string of the molecule is CCn1c(SC[C@H](O)c2ccccc2)nnc1-c1ccccc1OC. The van der Waals surface area contributed by atoms with Crippen molar-refractivity contribution in [2.24, 2.45) is 0 Å². The lowest BCUT2D eigenvalue weighted by molar-refractivity contribution is 0.204. The van der Waals surface area contributed by atoms with Crippen molar-refractivity contribution in [1.29, 1.82) is 0 Å². The van der Waals surface area contributed by atoms with Crippen LogP contribution in [0.3, 0.4) is 0 Å². The Morgan fingerprint density at radius 1 is 1.08 bits per heavy atom. The average Bonchev–Trinajstić information content (AvgIpc) is 3.09. The van der Waals surface area contributed by atoms with Crippen molar-refractivity contribution >= 4 is 11.8 Å². The third-order valence-electron chi connectivity index (χ3n) is 3.94. The molecule has 0 aliphatic heterocycles. The molecule has 2 aromatic carbocycles. The zero-order valence-electron chi connectivity index (χ0n) is 14.3. The highest BCUT2D eigenvalue weighted by molar-refractivity contribution is 7.99. The zero-order valence-corrected chi connectivity index (χ0v) is 15.1. The van der Waals surface area contributed by atoms with E-state index in [4.69, 9.17) is 4.74 Å². The molecule has 0 fully saturated rings. The predicted molar refractivity (Wildman–Crippen MR) is 99.8 cm³/mol. The molecule has 3 rings (SSSR count). The van der Waals surface area contributed by atoms with E-state index in [2.05, 4.69) is 17.1 Å². The van der Waals surface area contributed by atoms with Crippen LogP contribution < -0.4 is 4.74 Å². The number of methoxy groups -OCH3 is 1. The summed E-state index contributed by atoms with van der Waals surface area (Å²) in [6.45, 7) is 2.80. The van der Waals surface area contributed by atoms with Gasteiger partial charge in [0.15, 0.2) is 11.0 Å². The van der Waals surface area contributed by atoms with Crippen molar-refractivity contribution in [1.82, 2.24) is 14.8 Å². The highest BCUT2D eigenvalue weighted by Crippen LogP contribution is 2.31. The summed E-state index contributed by atoms with van der Waals surface area (Å²) in [6.07, 6.45) is -0.539. The number of nitrogens with zero attached hydrogens (tertiary/aromatic N) is 3. The van der Waals surface area contributed by atoms with Gasteiger partial charge in [0.1, 0.15) is 5.75 Å². The Morgan fingerprint density at radius 2 is 1.80 bits per heavy atom. The van der Waals surface area contributed by atoms with Crippen LogP contribution >= 0.6 is 11.8 Å². The van der Waals surface area contributed by atoms with Crippen molar-refractivity contribution in [2.75, 3.05) is 12.9 Å². The van der Waals surface area contributed by atoms with Crippen molar-refractivity contribution in [3.8, 4) is 17.1 Å². The first-order chi connectivity index (χ1) is 12.2. The van der Waals surface area contributed by atoms with Gasteiger partial charge in [0, 0.05) is 12.3 Å². The quantitative estimate of drug-likeness (QED) is 0.653. The Bertz CT molecular complexity index is 821. The van der Waals surface area contributed by atoms with Crippen LogP contribution in [0.2, 0.25) is 0 Å². The maximum absolute atomic E-state index is 10.4. The Labute approximate surface area is 151 Å². The monoisotopic (exact) mass is 355 g/mol. The molecule has 1 heterocycles. The van der Waals surface area contributed by atoms with Gasteiger partial charge in [-0.05, 0) is 24.6 Å². The molecule has 0 aliphatic carbocycles. The summed E-state index contributed by atoms with van der Waals surface area (Å²) in [5.74, 6) is 2.07. The second kappa shape index (κ2) is 8.18. The van der Waals surface area contributed by atoms with E-state index in [0.717, 1.165) is 34.4 Å². The summed E-state index contributed by atoms with van der Waals surface area (Å²) in [4.78, 5) is 0. The lowest BCUT2D eigenvalue weighted by Crippen LogP contribution is -2.04. The number of aromatic nitrogens is 3. The van der Waals surface area contributed by atoms with Gasteiger partial charge < -0.3 is 14.4 Å². The Morgan fingerprint density at radius 3 is 2.52 bits per heavy atom. The van der Waals surface area contributed by atoms with Crippen LogP contribution in [0.15, 0.2) is 59.8 Å². The summed E-state index contributed by atoms with van der Waals surface area (Å²) in [5, 5.41) is 19.8. The Hall–Kier alpha value is -2.31. The van der Waals surface area contributed by atoms with Gasteiger partial charge in [0.2, 0.25) is 0 Å². The Balaban J connectivity index is 1.81. The number of aliphatic hydroxyl groups excluding tert-OH is 1. The molecule has 1 atom stereocenters. The van der Waals surface area contributed by atoms with Gasteiger partial charge in [0.25, 0.3) is 0 Å². The molecule has 3 aromatic rings. The smallest absolute Gasteiger partial charge is 0.191 e. The van der Waals surface area contributed by atoms with E-state index < -0.39 is 6.10 Å². The molecule has 0 saturated carbocycles. The Kier molecular flexibility index (Phi) is 5.73. The normalized spacial score (nSPS) is 12.1. The van der Waals surface area contributed by atoms with Gasteiger partial charge in [-0.3, -0.25) is 0 Å². The lowest BCUT2D eigenvalue weighted by atomic mass is 10.1. The van der Waals surface area contributed by atoms with Crippen LogP contribution in [-0.4, -0.2) is 32.7 Å². The van der Waals surface area contributed by atoms with E-state index in [1.807, 2.05) is 59.2 Å². The molecule has 0 aliphatic rings. The fourth-order valence-corrected chi connectivity index (χ4v) is 3.60. The second-order valence-corrected chi connectivity index (χ2v) is 6.48. The topological polar surface area (TPSA) is 60.2 Å². The zero-order chi connectivity index (χ0) is 17.6. The summed E-state index contributed by atoms with van der Waals surface area (Å²) < 4.78 is 7.48. The van der Waals surface area contributed by atoms with Crippen LogP contribution in [0.1, 0.15) is 18.6 Å². The summed E-state index contributed by atoms with van der Waals surface area (Å²) in [7, 11) is 1.65. The molecule has 6 heteroatoms. The molecule has 130 valence electrons. The molecular formula is C19H21N3O2S. The van der Waals surface area contributed by atoms with Crippen LogP contribution in [0.25, 0.3) is 11.4 Å². The second-order valence-electron chi connectivity index (χ2n) is 5.49. The van der Waals surface area contributed by atoms with Gasteiger partial charge >= 0.3 is 0 Å². The fourth-order valence-electron chi connectivity index (χ4n) is 2.63. The number of hydrogen-bond donors (Lipinski definition) is 1. The molecule has 5 nitrogen and oxygen atoms in total. The van der Waals surface area contributed by atoms with E-state index in [-0.39, 0.29) is 0 Å². The van der Waals surface area contributed by atoms with Gasteiger partial charge in [-0.2, -0.15) is 0 Å². The van der Waals surface area contributed by atoms with Crippen LogP contribution in [0, 0.1) is 0 Å². The standard InChI is InChI=1S/C19H21N3O2S/c1-3-22-18(15-11-7-8-12-17(15)24-2)20-21-19(22)25-13-16(23)14-9-5-4-6-10-14/h4-12,16,23H,3,13H2,1-2H3/t16-/m0/s1. The maximum Gasteiger partial charge on any atom is 0.191 e. The van der Waals surface area contributed by atoms with E-state index in [9.17, 15) is 5.11 Å². The van der Waals surface area contributed by atoms with Gasteiger partial charge in [-0.15, -0.1) is 10.2 Å². The van der Waals surface area contributed by atoms with Crippen molar-refractivity contribution in [2.45, 2.75) is 24.7 Å². The molecule has 0 amide bonds. The van der Waals surface area contributed by atoms with Crippen molar-refractivity contribution < 1.29 is 9.84 Å². The number of benzene rings is 2. The number of para-hydroxylation sites is 1. The predicted octanol–water partition coefficient (Wildman–Crippen LogP) is 3.80. The number of aliphatic hydroxyl groups is 1. The molecule has 0 saturated heterocycles.